The molecule has 5 nitrogen and oxygen atoms in total. The predicted molar refractivity (Wildman–Crippen MR) is 86.9 cm³/mol. The number of aryl methyl sites for hydroxylation is 1. The van der Waals surface area contributed by atoms with Crippen molar-refractivity contribution in [2.75, 3.05) is 18.4 Å². The van der Waals surface area contributed by atoms with Gasteiger partial charge in [0.05, 0.1) is 11.7 Å². The van der Waals surface area contributed by atoms with Crippen LogP contribution in [0, 0.1) is 6.92 Å². The molecule has 1 aliphatic heterocycles. The topological polar surface area (TPSA) is 54.5 Å². The van der Waals surface area contributed by atoms with Gasteiger partial charge < -0.3 is 15.0 Å². The van der Waals surface area contributed by atoms with Crippen molar-refractivity contribution in [1.82, 2.24) is 9.88 Å². The van der Waals surface area contributed by atoms with Gasteiger partial charge in [-0.25, -0.2) is 9.78 Å². The van der Waals surface area contributed by atoms with Crippen molar-refractivity contribution in [3.8, 4) is 0 Å². The minimum atomic E-state index is -0.463. The first-order valence-corrected chi connectivity index (χ1v) is 7.90. The second-order valence-electron chi connectivity index (χ2n) is 6.15. The molecule has 1 N–H and O–H groups in total. The number of anilines is 1. The molecule has 0 radical (unpaired) electrons. The summed E-state index contributed by atoms with van der Waals surface area (Å²) in [5, 5.41) is 3.83. The van der Waals surface area contributed by atoms with E-state index in [2.05, 4.69) is 26.2 Å². The molecular weight excluding hydrogens is 358 g/mol. The van der Waals surface area contributed by atoms with E-state index < -0.39 is 5.60 Å². The number of pyridine rings is 1. The highest BCUT2D eigenvalue weighted by Gasteiger charge is 2.34. The first-order valence-electron chi connectivity index (χ1n) is 6.73. The van der Waals surface area contributed by atoms with Crippen LogP contribution in [0.25, 0.3) is 0 Å². The quantitative estimate of drug-likeness (QED) is 0.797. The molecule has 1 aromatic rings. The van der Waals surface area contributed by atoms with Crippen LogP contribution in [0.5, 0.6) is 0 Å². The summed E-state index contributed by atoms with van der Waals surface area (Å²) in [5.74, 6) is 0. The summed E-state index contributed by atoms with van der Waals surface area (Å²) in [7, 11) is 0. The van der Waals surface area contributed by atoms with E-state index in [1.165, 1.54) is 0 Å². The van der Waals surface area contributed by atoms with Crippen LogP contribution in [0.4, 0.5) is 10.5 Å². The van der Waals surface area contributed by atoms with E-state index in [9.17, 15) is 4.79 Å². The van der Waals surface area contributed by atoms with E-state index in [1.807, 2.05) is 27.7 Å². The lowest BCUT2D eigenvalue weighted by molar-refractivity contribution is 0.0105. The van der Waals surface area contributed by atoms with Gasteiger partial charge in [-0.05, 0) is 55.3 Å². The van der Waals surface area contributed by atoms with E-state index in [0.29, 0.717) is 22.8 Å². The second-order valence-corrected chi connectivity index (χ2v) is 7.29. The molecule has 1 aromatic heterocycles. The van der Waals surface area contributed by atoms with Gasteiger partial charge in [-0.1, -0.05) is 11.6 Å². The highest BCUT2D eigenvalue weighted by Crippen LogP contribution is 2.29. The predicted octanol–water partition coefficient (Wildman–Crippen LogP) is 3.84. The summed E-state index contributed by atoms with van der Waals surface area (Å²) in [6, 6.07) is 1.99. The smallest absolute Gasteiger partial charge is 0.410 e. The molecular formula is C14H19BrClN3O2. The number of likely N-dealkylation sites (tertiary alicyclic amines) is 1. The van der Waals surface area contributed by atoms with Gasteiger partial charge in [-0.15, -0.1) is 0 Å². The zero-order chi connectivity index (χ0) is 15.8. The van der Waals surface area contributed by atoms with Crippen LogP contribution >= 0.6 is 27.5 Å². The normalized spacial score (nSPS) is 15.6. The van der Waals surface area contributed by atoms with Crippen LogP contribution in [0.3, 0.4) is 0 Å². The fourth-order valence-electron chi connectivity index (χ4n) is 2.02. The Bertz CT molecular complexity index is 531. The van der Waals surface area contributed by atoms with Crippen LogP contribution in [-0.2, 0) is 4.74 Å². The van der Waals surface area contributed by atoms with Crippen molar-refractivity contribution in [3.63, 3.8) is 0 Å². The van der Waals surface area contributed by atoms with E-state index in [-0.39, 0.29) is 12.1 Å². The minimum absolute atomic E-state index is 0.190. The maximum Gasteiger partial charge on any atom is 0.410 e. The molecule has 0 atom stereocenters. The van der Waals surface area contributed by atoms with E-state index >= 15 is 0 Å². The molecule has 2 heterocycles. The molecule has 0 bridgehead atoms. The molecule has 0 spiro atoms. The average Bonchev–Trinajstić information content (AvgIpc) is 2.21. The molecule has 1 amide bonds. The van der Waals surface area contributed by atoms with Gasteiger partial charge >= 0.3 is 6.09 Å². The second kappa shape index (κ2) is 6.01. The molecule has 0 aromatic carbocycles. The van der Waals surface area contributed by atoms with Gasteiger partial charge in [0, 0.05) is 13.1 Å². The van der Waals surface area contributed by atoms with E-state index in [0.717, 1.165) is 11.3 Å². The molecule has 0 aliphatic carbocycles. The van der Waals surface area contributed by atoms with Crippen LogP contribution in [0.1, 0.15) is 26.3 Å². The van der Waals surface area contributed by atoms with Crippen molar-refractivity contribution in [2.24, 2.45) is 0 Å². The highest BCUT2D eigenvalue weighted by molar-refractivity contribution is 9.10. The molecule has 21 heavy (non-hydrogen) atoms. The van der Waals surface area contributed by atoms with Gasteiger partial charge in [-0.2, -0.15) is 0 Å². The summed E-state index contributed by atoms with van der Waals surface area (Å²) in [4.78, 5) is 17.7. The molecule has 0 saturated carbocycles. The fraction of sp³-hybridized carbons (Fsp3) is 0.571. The Morgan fingerprint density at radius 3 is 2.67 bits per heavy atom. The molecule has 2 rings (SSSR count). The number of amides is 1. The highest BCUT2D eigenvalue weighted by atomic mass is 79.9. The number of nitrogens with one attached hydrogen (secondary N) is 1. The number of carbonyl (C=O) groups is 1. The van der Waals surface area contributed by atoms with Gasteiger partial charge in [0.2, 0.25) is 0 Å². The number of rotatable bonds is 2. The molecule has 1 saturated heterocycles. The number of nitrogens with zero attached hydrogens (tertiary/aromatic N) is 2. The van der Waals surface area contributed by atoms with Crippen molar-refractivity contribution in [2.45, 2.75) is 39.3 Å². The first-order chi connectivity index (χ1) is 9.65. The lowest BCUT2D eigenvalue weighted by atomic mass is 10.1. The van der Waals surface area contributed by atoms with Crippen LogP contribution in [0.15, 0.2) is 10.7 Å². The summed E-state index contributed by atoms with van der Waals surface area (Å²) in [5.41, 5.74) is 1.46. The number of hydrogen-bond acceptors (Lipinski definition) is 4. The molecule has 1 aliphatic rings. The Morgan fingerprint density at radius 2 is 2.14 bits per heavy atom. The van der Waals surface area contributed by atoms with Gasteiger partial charge in [-0.3, -0.25) is 0 Å². The summed E-state index contributed by atoms with van der Waals surface area (Å²) >= 11 is 9.29. The summed E-state index contributed by atoms with van der Waals surface area (Å²) < 4.78 is 6.01. The number of hydrogen-bond donors (Lipinski definition) is 1. The van der Waals surface area contributed by atoms with Crippen LogP contribution in [-0.4, -0.2) is 40.7 Å². The molecule has 7 heteroatoms. The Morgan fingerprint density at radius 1 is 1.52 bits per heavy atom. The van der Waals surface area contributed by atoms with Gasteiger partial charge in [0.15, 0.2) is 0 Å². The summed E-state index contributed by atoms with van der Waals surface area (Å²) in [6.45, 7) is 8.78. The Balaban J connectivity index is 1.90. The van der Waals surface area contributed by atoms with Gasteiger partial charge in [0.1, 0.15) is 15.4 Å². The van der Waals surface area contributed by atoms with Gasteiger partial charge in [0.25, 0.3) is 0 Å². The zero-order valence-corrected chi connectivity index (χ0v) is 14.9. The van der Waals surface area contributed by atoms with Crippen LogP contribution < -0.4 is 5.32 Å². The van der Waals surface area contributed by atoms with Crippen molar-refractivity contribution in [3.05, 3.63) is 21.4 Å². The van der Waals surface area contributed by atoms with Crippen molar-refractivity contribution >= 4 is 39.3 Å². The zero-order valence-electron chi connectivity index (χ0n) is 12.5. The van der Waals surface area contributed by atoms with E-state index in [4.69, 9.17) is 16.3 Å². The third-order valence-electron chi connectivity index (χ3n) is 3.02. The maximum atomic E-state index is 11.9. The summed E-state index contributed by atoms with van der Waals surface area (Å²) in [6.07, 6.45) is -0.273. The van der Waals surface area contributed by atoms with Crippen molar-refractivity contribution < 1.29 is 9.53 Å². The first kappa shape index (κ1) is 16.4. The largest absolute Gasteiger partial charge is 0.444 e. The third kappa shape index (κ3) is 4.23. The average molecular weight is 377 g/mol. The monoisotopic (exact) mass is 375 g/mol. The SMILES string of the molecule is Cc1cc(Cl)nc(Br)c1NC1CN(C(=O)OC(C)(C)C)C1. The Hall–Kier alpha value is -1.01. The van der Waals surface area contributed by atoms with E-state index in [1.54, 1.807) is 11.0 Å². The fourth-order valence-corrected chi connectivity index (χ4v) is 2.99. The standard InChI is InChI=1S/C14H19BrClN3O2/c1-8-5-10(16)18-12(15)11(8)17-9-6-19(7-9)13(20)21-14(2,3)4/h5,9,17H,6-7H2,1-4H3. The lowest BCUT2D eigenvalue weighted by Gasteiger charge is -2.40. The van der Waals surface area contributed by atoms with Crippen LogP contribution in [0.2, 0.25) is 5.15 Å². The number of halogens is 2. The number of carbonyl (C=O) groups excluding carboxylic acids is 1. The maximum absolute atomic E-state index is 11.9. The lowest BCUT2D eigenvalue weighted by Crippen LogP contribution is -2.58. The Labute approximate surface area is 138 Å². The minimum Gasteiger partial charge on any atom is -0.444 e. The third-order valence-corrected chi connectivity index (χ3v) is 3.79. The number of ether oxygens (including phenoxy) is 1. The molecule has 0 unspecified atom stereocenters. The molecule has 116 valence electrons. The number of aromatic nitrogens is 1. The van der Waals surface area contributed by atoms with Crippen molar-refractivity contribution in [1.29, 1.82) is 0 Å². The molecule has 1 fully saturated rings. The Kier molecular flexibility index (Phi) is 4.68.